The van der Waals surface area contributed by atoms with E-state index in [9.17, 15) is 14.4 Å². The molecule has 0 aliphatic carbocycles. The zero-order valence-corrected chi connectivity index (χ0v) is 15.4. The minimum Gasteiger partial charge on any atom is -0.345 e. The van der Waals surface area contributed by atoms with Gasteiger partial charge in [0.25, 0.3) is 11.8 Å². The highest BCUT2D eigenvalue weighted by molar-refractivity contribution is 5.97. The summed E-state index contributed by atoms with van der Waals surface area (Å²) >= 11 is 0. The minimum absolute atomic E-state index is 0.0406. The van der Waals surface area contributed by atoms with Gasteiger partial charge < -0.3 is 20.0 Å². The molecule has 0 radical (unpaired) electrons. The van der Waals surface area contributed by atoms with E-state index in [1.807, 2.05) is 9.80 Å². The van der Waals surface area contributed by atoms with E-state index in [0.29, 0.717) is 37.3 Å². The summed E-state index contributed by atoms with van der Waals surface area (Å²) in [6.07, 6.45) is 1.83. The summed E-state index contributed by atoms with van der Waals surface area (Å²) in [6.45, 7) is 3.16. The zero-order valence-electron chi connectivity index (χ0n) is 15.4. The zero-order chi connectivity index (χ0) is 18.7. The van der Waals surface area contributed by atoms with E-state index in [1.165, 1.54) is 4.90 Å². The lowest BCUT2D eigenvalue weighted by Crippen LogP contribution is -2.57. The van der Waals surface area contributed by atoms with Crippen LogP contribution in [-0.4, -0.2) is 85.3 Å². The molecule has 1 atom stereocenters. The van der Waals surface area contributed by atoms with E-state index >= 15 is 0 Å². The van der Waals surface area contributed by atoms with Gasteiger partial charge in [0, 0.05) is 57.4 Å². The molecule has 3 rings (SSSR count). The number of carbonyl (C=O) groups is 3. The molecule has 0 spiro atoms. The van der Waals surface area contributed by atoms with Crippen LogP contribution < -0.4 is 5.32 Å². The molecule has 2 aliphatic rings. The van der Waals surface area contributed by atoms with Crippen molar-refractivity contribution >= 4 is 17.7 Å². The van der Waals surface area contributed by atoms with Gasteiger partial charge in [-0.1, -0.05) is 0 Å². The molecule has 140 valence electrons. The van der Waals surface area contributed by atoms with E-state index in [-0.39, 0.29) is 23.8 Å². The summed E-state index contributed by atoms with van der Waals surface area (Å²) in [5, 5.41) is 3.08. The van der Waals surface area contributed by atoms with Crippen molar-refractivity contribution in [2.75, 3.05) is 46.8 Å². The first-order chi connectivity index (χ1) is 12.5. The van der Waals surface area contributed by atoms with Gasteiger partial charge in [0.1, 0.15) is 0 Å². The van der Waals surface area contributed by atoms with Crippen molar-refractivity contribution in [3.05, 3.63) is 35.4 Å². The Balaban J connectivity index is 1.67. The molecule has 0 aromatic heterocycles. The van der Waals surface area contributed by atoms with Gasteiger partial charge in [-0.2, -0.15) is 0 Å². The van der Waals surface area contributed by atoms with Gasteiger partial charge >= 0.3 is 0 Å². The van der Waals surface area contributed by atoms with Crippen LogP contribution in [0.4, 0.5) is 0 Å². The van der Waals surface area contributed by atoms with E-state index in [2.05, 4.69) is 5.32 Å². The molecule has 26 heavy (non-hydrogen) atoms. The first-order valence-corrected chi connectivity index (χ1v) is 9.08. The lowest BCUT2D eigenvalue weighted by atomic mass is 10.0. The fraction of sp³-hybridized carbons (Fsp3) is 0.526. The molecular weight excluding hydrogens is 332 g/mol. The van der Waals surface area contributed by atoms with Gasteiger partial charge in [-0.3, -0.25) is 14.4 Å². The summed E-state index contributed by atoms with van der Waals surface area (Å²) in [5.41, 5.74) is 1.14. The maximum atomic E-state index is 12.8. The van der Waals surface area contributed by atoms with Gasteiger partial charge in [0.2, 0.25) is 5.91 Å². The monoisotopic (exact) mass is 358 g/mol. The van der Waals surface area contributed by atoms with E-state index < -0.39 is 0 Å². The summed E-state index contributed by atoms with van der Waals surface area (Å²) in [7, 11) is 3.40. The number of hydrogen-bond donors (Lipinski definition) is 1. The molecule has 1 aromatic rings. The third-order valence-corrected chi connectivity index (χ3v) is 5.04. The van der Waals surface area contributed by atoms with Gasteiger partial charge in [0.15, 0.2) is 0 Å². The van der Waals surface area contributed by atoms with Crippen LogP contribution in [0.1, 0.15) is 33.6 Å². The number of nitrogens with one attached hydrogen (secondary N) is 1. The average molecular weight is 358 g/mol. The summed E-state index contributed by atoms with van der Waals surface area (Å²) in [6, 6.07) is 6.89. The molecule has 2 saturated heterocycles. The topological polar surface area (TPSA) is 73.0 Å². The molecule has 1 N–H and O–H groups in total. The van der Waals surface area contributed by atoms with Gasteiger partial charge in [-0.25, -0.2) is 0 Å². The molecule has 7 heteroatoms. The summed E-state index contributed by atoms with van der Waals surface area (Å²) < 4.78 is 0. The maximum absolute atomic E-state index is 12.8. The van der Waals surface area contributed by atoms with Crippen LogP contribution in [0.25, 0.3) is 0 Å². The minimum atomic E-state index is -0.0840. The van der Waals surface area contributed by atoms with Crippen molar-refractivity contribution in [2.45, 2.75) is 18.9 Å². The molecule has 1 unspecified atom stereocenters. The number of piperidine rings is 1. The van der Waals surface area contributed by atoms with Crippen LogP contribution >= 0.6 is 0 Å². The maximum Gasteiger partial charge on any atom is 0.253 e. The standard InChI is InChI=1S/C19H26N4O3/c1-21(2)18(25)14-5-7-15(8-6-14)19(26)22-10-3-4-16(13-22)23-11-9-20-12-17(23)24/h5-8,16,20H,3-4,9-13H2,1-2H3. The number of amides is 3. The third-order valence-electron chi connectivity index (χ3n) is 5.04. The molecule has 7 nitrogen and oxygen atoms in total. The fourth-order valence-electron chi connectivity index (χ4n) is 3.60. The van der Waals surface area contributed by atoms with Crippen LogP contribution in [-0.2, 0) is 4.79 Å². The van der Waals surface area contributed by atoms with E-state index in [1.54, 1.807) is 38.4 Å². The number of rotatable bonds is 3. The Kier molecular flexibility index (Phi) is 5.56. The van der Waals surface area contributed by atoms with Gasteiger partial charge in [-0.05, 0) is 37.1 Å². The van der Waals surface area contributed by atoms with Crippen molar-refractivity contribution in [2.24, 2.45) is 0 Å². The number of nitrogens with zero attached hydrogens (tertiary/aromatic N) is 3. The predicted molar refractivity (Wildman–Crippen MR) is 98.0 cm³/mol. The lowest BCUT2D eigenvalue weighted by Gasteiger charge is -2.41. The second kappa shape index (κ2) is 7.86. The van der Waals surface area contributed by atoms with Crippen molar-refractivity contribution in [1.29, 1.82) is 0 Å². The average Bonchev–Trinajstić information content (AvgIpc) is 2.67. The smallest absolute Gasteiger partial charge is 0.253 e. The third kappa shape index (κ3) is 3.88. The van der Waals surface area contributed by atoms with Crippen LogP contribution in [0, 0.1) is 0 Å². The largest absolute Gasteiger partial charge is 0.345 e. The molecule has 2 fully saturated rings. The Morgan fingerprint density at radius 2 is 1.81 bits per heavy atom. The molecular formula is C19H26N4O3. The highest BCUT2D eigenvalue weighted by Crippen LogP contribution is 2.19. The van der Waals surface area contributed by atoms with Crippen LogP contribution in [0.2, 0.25) is 0 Å². The number of carbonyl (C=O) groups excluding carboxylic acids is 3. The fourth-order valence-corrected chi connectivity index (χ4v) is 3.60. The van der Waals surface area contributed by atoms with Crippen LogP contribution in [0.15, 0.2) is 24.3 Å². The highest BCUT2D eigenvalue weighted by atomic mass is 16.2. The number of piperazine rings is 1. The first-order valence-electron chi connectivity index (χ1n) is 9.08. The molecule has 2 aliphatic heterocycles. The normalized spacial score (nSPS) is 20.8. The summed E-state index contributed by atoms with van der Waals surface area (Å²) in [4.78, 5) is 42.2. The van der Waals surface area contributed by atoms with E-state index in [4.69, 9.17) is 0 Å². The van der Waals surface area contributed by atoms with E-state index in [0.717, 1.165) is 19.4 Å². The molecule has 2 heterocycles. The number of hydrogen-bond acceptors (Lipinski definition) is 4. The molecule has 3 amide bonds. The Hall–Kier alpha value is -2.41. The van der Waals surface area contributed by atoms with Crippen molar-refractivity contribution in [3.63, 3.8) is 0 Å². The Labute approximate surface area is 153 Å². The number of benzene rings is 1. The lowest BCUT2D eigenvalue weighted by molar-refractivity contribution is -0.135. The van der Waals surface area contributed by atoms with Crippen molar-refractivity contribution in [3.8, 4) is 0 Å². The van der Waals surface area contributed by atoms with Crippen molar-refractivity contribution < 1.29 is 14.4 Å². The first kappa shape index (κ1) is 18.4. The Bertz CT molecular complexity index is 687. The second-order valence-corrected chi connectivity index (χ2v) is 7.09. The van der Waals surface area contributed by atoms with Gasteiger partial charge in [0.05, 0.1) is 6.54 Å². The van der Waals surface area contributed by atoms with Crippen molar-refractivity contribution in [1.82, 2.24) is 20.0 Å². The van der Waals surface area contributed by atoms with Gasteiger partial charge in [-0.15, -0.1) is 0 Å². The molecule has 1 aromatic carbocycles. The molecule has 0 bridgehead atoms. The Morgan fingerprint density at radius 3 is 2.46 bits per heavy atom. The van der Waals surface area contributed by atoms with Crippen LogP contribution in [0.3, 0.4) is 0 Å². The SMILES string of the molecule is CN(C)C(=O)c1ccc(C(=O)N2CCCC(N3CCNCC3=O)C2)cc1. The van der Waals surface area contributed by atoms with Crippen LogP contribution in [0.5, 0.6) is 0 Å². The quantitative estimate of drug-likeness (QED) is 0.850. The molecule has 0 saturated carbocycles. The highest BCUT2D eigenvalue weighted by Gasteiger charge is 2.31. The Morgan fingerprint density at radius 1 is 1.12 bits per heavy atom. The number of likely N-dealkylation sites (tertiary alicyclic amines) is 1. The summed E-state index contributed by atoms with van der Waals surface area (Å²) in [5.74, 6) is -0.0116. The second-order valence-electron chi connectivity index (χ2n) is 7.09. The predicted octanol–water partition coefficient (Wildman–Crippen LogP) is 0.425.